The molecule has 3 atom stereocenters. The lowest BCUT2D eigenvalue weighted by molar-refractivity contribution is -0.138. The molecule has 4 amide bonds. The van der Waals surface area contributed by atoms with Gasteiger partial charge in [0.1, 0.15) is 0 Å². The van der Waals surface area contributed by atoms with Crippen LogP contribution in [0.5, 0.6) is 0 Å². The third-order valence-corrected chi connectivity index (χ3v) is 11.9. The maximum absolute atomic E-state index is 14.1. The van der Waals surface area contributed by atoms with Crippen LogP contribution in [-0.2, 0) is 26.2 Å². The van der Waals surface area contributed by atoms with Crippen molar-refractivity contribution < 1.29 is 22.8 Å². The fraction of sp³-hybridized carbons (Fsp3) is 0.781. The van der Waals surface area contributed by atoms with E-state index in [1.165, 1.54) is 19.3 Å². The van der Waals surface area contributed by atoms with Crippen molar-refractivity contribution in [1.29, 1.82) is 0 Å². The second-order valence-corrected chi connectivity index (χ2v) is 16.6. The van der Waals surface area contributed by atoms with E-state index in [1.54, 1.807) is 11.3 Å². The van der Waals surface area contributed by atoms with E-state index in [-0.39, 0.29) is 36.5 Å². The minimum atomic E-state index is -3.25. The molecule has 252 valence electrons. The number of piperidine rings is 2. The standard InChI is InChI=1S/C32H52N6O5S2/c1-45(42,43)34-17-6-5-11-28(35-24-8-3-2-4-9-24)30(40)38-18-12-27(26(23-38)29(39)33-22-25-10-7-21-44-25)36-31(41)37-19-15-32(13-14-32)16-20-37/h7,10,21,24,26-28,34-35H,2-6,8-9,11-20,22-23H2,1H3,(H,33,39)(H,36,41)/t26-,27+,28+/m0/s1. The van der Waals surface area contributed by atoms with E-state index in [0.29, 0.717) is 50.7 Å². The van der Waals surface area contributed by atoms with Crippen LogP contribution in [0.25, 0.3) is 0 Å². The van der Waals surface area contributed by atoms with Crippen LogP contribution in [0.4, 0.5) is 4.79 Å². The first-order valence-corrected chi connectivity index (χ1v) is 19.7. The molecule has 13 heteroatoms. The van der Waals surface area contributed by atoms with Crippen molar-refractivity contribution in [3.63, 3.8) is 0 Å². The first-order chi connectivity index (χ1) is 21.6. The molecule has 3 heterocycles. The number of thiophene rings is 1. The van der Waals surface area contributed by atoms with Crippen LogP contribution in [0, 0.1) is 11.3 Å². The summed E-state index contributed by atoms with van der Waals surface area (Å²) < 4.78 is 25.5. The highest BCUT2D eigenvalue weighted by Crippen LogP contribution is 2.53. The Morgan fingerprint density at radius 1 is 1.00 bits per heavy atom. The number of urea groups is 1. The number of hydrogen-bond acceptors (Lipinski definition) is 7. The van der Waals surface area contributed by atoms with Gasteiger partial charge in [0.25, 0.3) is 0 Å². The van der Waals surface area contributed by atoms with Crippen molar-refractivity contribution in [2.75, 3.05) is 39.0 Å². The lowest BCUT2D eigenvalue weighted by Crippen LogP contribution is -2.61. The minimum absolute atomic E-state index is 0.0109. The molecule has 2 saturated carbocycles. The topological polar surface area (TPSA) is 140 Å². The number of carbonyl (C=O) groups excluding carboxylic acids is 3. The Morgan fingerprint density at radius 2 is 1.76 bits per heavy atom. The molecule has 4 N–H and O–H groups in total. The van der Waals surface area contributed by atoms with Crippen molar-refractivity contribution in [1.82, 2.24) is 30.5 Å². The zero-order chi connectivity index (χ0) is 31.9. The quantitative estimate of drug-likeness (QED) is 0.239. The number of sulfonamides is 1. The second-order valence-electron chi connectivity index (χ2n) is 13.7. The highest BCUT2D eigenvalue weighted by atomic mass is 32.2. The third kappa shape index (κ3) is 10.1. The number of unbranched alkanes of at least 4 members (excludes halogenated alkanes) is 1. The van der Waals surface area contributed by atoms with Crippen LogP contribution in [-0.4, -0.2) is 93.2 Å². The van der Waals surface area contributed by atoms with Gasteiger partial charge >= 0.3 is 6.03 Å². The fourth-order valence-electron chi connectivity index (χ4n) is 7.20. The maximum atomic E-state index is 14.1. The number of carbonyl (C=O) groups is 3. The van der Waals surface area contributed by atoms with Gasteiger partial charge in [-0.3, -0.25) is 9.59 Å². The maximum Gasteiger partial charge on any atom is 0.317 e. The van der Waals surface area contributed by atoms with E-state index in [0.717, 1.165) is 62.7 Å². The van der Waals surface area contributed by atoms with Gasteiger partial charge in [-0.25, -0.2) is 17.9 Å². The Bertz CT molecular complexity index is 1240. The number of rotatable bonds is 13. The average Bonchev–Trinajstić information content (AvgIpc) is 3.56. The molecule has 11 nitrogen and oxygen atoms in total. The van der Waals surface area contributed by atoms with Gasteiger partial charge in [0.05, 0.1) is 24.8 Å². The van der Waals surface area contributed by atoms with Crippen LogP contribution < -0.4 is 20.7 Å². The first-order valence-electron chi connectivity index (χ1n) is 17.0. The summed E-state index contributed by atoms with van der Waals surface area (Å²) in [6.45, 7) is 3.00. The molecule has 2 saturated heterocycles. The molecular formula is C32H52N6O5S2. The summed E-state index contributed by atoms with van der Waals surface area (Å²) in [5, 5.41) is 11.9. The molecule has 45 heavy (non-hydrogen) atoms. The van der Waals surface area contributed by atoms with Gasteiger partial charge in [0, 0.05) is 49.7 Å². The van der Waals surface area contributed by atoms with Gasteiger partial charge in [-0.05, 0) is 74.6 Å². The summed E-state index contributed by atoms with van der Waals surface area (Å²) in [6.07, 6.45) is 13.9. The van der Waals surface area contributed by atoms with Crippen molar-refractivity contribution in [2.45, 2.75) is 108 Å². The molecule has 2 aliphatic heterocycles. The summed E-state index contributed by atoms with van der Waals surface area (Å²) in [7, 11) is -3.25. The monoisotopic (exact) mass is 664 g/mol. The molecule has 0 unspecified atom stereocenters. The minimum Gasteiger partial charge on any atom is -0.351 e. The van der Waals surface area contributed by atoms with E-state index in [9.17, 15) is 22.8 Å². The predicted octanol–water partition coefficient (Wildman–Crippen LogP) is 3.18. The summed E-state index contributed by atoms with van der Waals surface area (Å²) in [5.41, 5.74) is 0.471. The zero-order valence-electron chi connectivity index (χ0n) is 26.7. The van der Waals surface area contributed by atoms with Crippen molar-refractivity contribution in [3.8, 4) is 0 Å². The molecule has 0 radical (unpaired) electrons. The van der Waals surface area contributed by atoms with Crippen LogP contribution in [0.2, 0.25) is 0 Å². The molecule has 2 aliphatic carbocycles. The Morgan fingerprint density at radius 3 is 2.42 bits per heavy atom. The van der Waals surface area contributed by atoms with E-state index in [2.05, 4.69) is 20.7 Å². The predicted molar refractivity (Wildman–Crippen MR) is 176 cm³/mol. The number of nitrogens with one attached hydrogen (secondary N) is 4. The SMILES string of the molecule is CS(=O)(=O)NCCCC[C@@H](NC1CCCCC1)C(=O)N1CC[C@@H](NC(=O)N2CCC3(CC2)CC3)[C@@H](C(=O)NCc2cccs2)C1. The van der Waals surface area contributed by atoms with Gasteiger partial charge in [-0.15, -0.1) is 11.3 Å². The summed E-state index contributed by atoms with van der Waals surface area (Å²) in [5.74, 6) is -0.714. The van der Waals surface area contributed by atoms with Gasteiger partial charge in [-0.1, -0.05) is 31.7 Å². The molecule has 1 aromatic heterocycles. The summed E-state index contributed by atoms with van der Waals surface area (Å²) >= 11 is 1.58. The van der Waals surface area contributed by atoms with Crippen molar-refractivity contribution >= 4 is 39.2 Å². The summed E-state index contributed by atoms with van der Waals surface area (Å²) in [6, 6.07) is 3.37. The van der Waals surface area contributed by atoms with E-state index < -0.39 is 22.0 Å². The zero-order valence-corrected chi connectivity index (χ0v) is 28.4. The molecule has 0 bridgehead atoms. The molecule has 1 spiro atoms. The highest BCUT2D eigenvalue weighted by molar-refractivity contribution is 7.88. The van der Waals surface area contributed by atoms with E-state index in [4.69, 9.17) is 0 Å². The third-order valence-electron chi connectivity index (χ3n) is 10.3. The van der Waals surface area contributed by atoms with Gasteiger partial charge in [0.15, 0.2) is 0 Å². The molecule has 4 aliphatic rings. The molecule has 1 aromatic rings. The fourth-order valence-corrected chi connectivity index (χ4v) is 8.36. The van der Waals surface area contributed by atoms with Crippen LogP contribution in [0.1, 0.15) is 88.3 Å². The Kier molecular flexibility index (Phi) is 11.8. The first kappa shape index (κ1) is 34.1. The number of hydrogen-bond donors (Lipinski definition) is 4. The number of amides is 4. The van der Waals surface area contributed by atoms with E-state index in [1.807, 2.05) is 27.3 Å². The summed E-state index contributed by atoms with van der Waals surface area (Å²) in [4.78, 5) is 45.8. The van der Waals surface area contributed by atoms with Gasteiger partial charge < -0.3 is 25.8 Å². The highest BCUT2D eigenvalue weighted by Gasteiger charge is 2.46. The molecule has 5 rings (SSSR count). The molecular weight excluding hydrogens is 613 g/mol. The lowest BCUT2D eigenvalue weighted by atomic mass is 9.89. The lowest BCUT2D eigenvalue weighted by Gasteiger charge is -2.41. The van der Waals surface area contributed by atoms with Gasteiger partial charge in [-0.2, -0.15) is 0 Å². The average molecular weight is 665 g/mol. The molecule has 0 aromatic carbocycles. The Labute approximate surface area is 272 Å². The number of nitrogens with zero attached hydrogens (tertiary/aromatic N) is 2. The second kappa shape index (κ2) is 15.6. The Balaban J connectivity index is 1.23. The smallest absolute Gasteiger partial charge is 0.317 e. The number of likely N-dealkylation sites (tertiary alicyclic amines) is 2. The van der Waals surface area contributed by atoms with Crippen molar-refractivity contribution in [2.24, 2.45) is 11.3 Å². The van der Waals surface area contributed by atoms with Crippen LogP contribution >= 0.6 is 11.3 Å². The Hall–Kier alpha value is -2.22. The van der Waals surface area contributed by atoms with E-state index >= 15 is 0 Å². The molecule has 4 fully saturated rings. The van der Waals surface area contributed by atoms with Crippen LogP contribution in [0.15, 0.2) is 17.5 Å². The van der Waals surface area contributed by atoms with Gasteiger partial charge in [0.2, 0.25) is 21.8 Å². The van der Waals surface area contributed by atoms with Crippen LogP contribution in [0.3, 0.4) is 0 Å². The normalized spacial score (nSPS) is 24.3. The van der Waals surface area contributed by atoms with Crippen molar-refractivity contribution in [3.05, 3.63) is 22.4 Å². The largest absolute Gasteiger partial charge is 0.351 e.